The first-order valence-electron chi connectivity index (χ1n) is 7.74. The fourth-order valence-corrected chi connectivity index (χ4v) is 2.25. The first-order valence-corrected chi connectivity index (χ1v) is 8.12. The molecule has 0 aliphatic carbocycles. The van der Waals surface area contributed by atoms with Crippen LogP contribution in [0.25, 0.3) is 0 Å². The molecule has 2 aromatic rings. The molecule has 130 valence electrons. The molecule has 0 unspecified atom stereocenters. The number of nitrogens with one attached hydrogen (secondary N) is 1. The van der Waals surface area contributed by atoms with Gasteiger partial charge in [0.1, 0.15) is 6.61 Å². The molecule has 2 aromatic carbocycles. The maximum atomic E-state index is 6.17. The smallest absolute Gasteiger partial charge is 0.199 e. The normalized spacial score (nSPS) is 12.4. The molecule has 2 rings (SSSR count). The second-order valence-electron chi connectivity index (χ2n) is 5.15. The van der Waals surface area contributed by atoms with Crippen molar-refractivity contribution in [3.05, 3.63) is 76.6 Å². The standard InChI is InChI=1S/C19H21ClN4O/c1-22-18(20)17(25-13-15-6-4-3-5-7-15)19(23-2)24-16-10-8-14(12-21)9-11-16/h3-11H,1,12-13,21H2,2H3,(H,23,24)/b18-17+. The molecule has 0 atom stereocenters. The van der Waals surface area contributed by atoms with E-state index in [0.29, 0.717) is 24.7 Å². The molecule has 25 heavy (non-hydrogen) atoms. The summed E-state index contributed by atoms with van der Waals surface area (Å²) in [6.45, 7) is 4.30. The summed E-state index contributed by atoms with van der Waals surface area (Å²) < 4.78 is 5.85. The van der Waals surface area contributed by atoms with Crippen LogP contribution in [0.5, 0.6) is 0 Å². The molecule has 0 heterocycles. The topological polar surface area (TPSA) is 72.0 Å². The van der Waals surface area contributed by atoms with E-state index in [1.165, 1.54) is 0 Å². The van der Waals surface area contributed by atoms with Crippen molar-refractivity contribution >= 4 is 29.8 Å². The SMILES string of the molecule is C=N/C(Cl)=C(/OCc1ccccc1)C(=NC)Nc1ccc(CN)cc1. The van der Waals surface area contributed by atoms with Gasteiger partial charge in [-0.2, -0.15) is 0 Å². The van der Waals surface area contributed by atoms with Crippen molar-refractivity contribution in [2.45, 2.75) is 13.2 Å². The number of nitrogens with two attached hydrogens (primary N) is 1. The van der Waals surface area contributed by atoms with Gasteiger partial charge in [-0.15, -0.1) is 0 Å². The highest BCUT2D eigenvalue weighted by Gasteiger charge is 2.14. The lowest BCUT2D eigenvalue weighted by Gasteiger charge is -2.15. The molecule has 5 nitrogen and oxygen atoms in total. The van der Waals surface area contributed by atoms with Gasteiger partial charge in [-0.1, -0.05) is 54.1 Å². The number of amidine groups is 1. The Morgan fingerprint density at radius 2 is 1.80 bits per heavy atom. The molecule has 0 aliphatic heterocycles. The maximum Gasteiger partial charge on any atom is 0.199 e. The van der Waals surface area contributed by atoms with Crippen molar-refractivity contribution in [3.8, 4) is 0 Å². The third-order valence-corrected chi connectivity index (χ3v) is 3.73. The van der Waals surface area contributed by atoms with Gasteiger partial charge in [0.05, 0.1) is 0 Å². The average molecular weight is 357 g/mol. The van der Waals surface area contributed by atoms with Crippen molar-refractivity contribution in [2.24, 2.45) is 15.7 Å². The van der Waals surface area contributed by atoms with Crippen LogP contribution in [0.2, 0.25) is 0 Å². The second kappa shape index (κ2) is 9.61. The van der Waals surface area contributed by atoms with E-state index in [0.717, 1.165) is 16.8 Å². The predicted octanol–water partition coefficient (Wildman–Crippen LogP) is 3.91. The minimum atomic E-state index is 0.141. The minimum absolute atomic E-state index is 0.141. The Balaban J connectivity index is 2.17. The number of anilines is 1. The Bertz CT molecular complexity index is 755. The Morgan fingerprint density at radius 3 is 2.36 bits per heavy atom. The lowest BCUT2D eigenvalue weighted by atomic mass is 10.2. The van der Waals surface area contributed by atoms with Gasteiger partial charge >= 0.3 is 0 Å². The first kappa shape index (κ1) is 18.7. The molecule has 3 N–H and O–H groups in total. The average Bonchev–Trinajstić information content (AvgIpc) is 2.68. The van der Waals surface area contributed by atoms with Gasteiger partial charge in [-0.25, -0.2) is 4.99 Å². The van der Waals surface area contributed by atoms with Crippen LogP contribution in [0.15, 0.2) is 75.5 Å². The number of nitrogens with zero attached hydrogens (tertiary/aromatic N) is 2. The van der Waals surface area contributed by atoms with Gasteiger partial charge in [-0.05, 0) is 30.0 Å². The summed E-state index contributed by atoms with van der Waals surface area (Å²) in [5, 5.41) is 3.33. The molecule has 0 amide bonds. The lowest BCUT2D eigenvalue weighted by Crippen LogP contribution is -2.18. The maximum absolute atomic E-state index is 6.17. The predicted molar refractivity (Wildman–Crippen MR) is 105 cm³/mol. The Morgan fingerprint density at radius 1 is 1.12 bits per heavy atom. The van der Waals surface area contributed by atoms with E-state index >= 15 is 0 Å². The highest BCUT2D eigenvalue weighted by molar-refractivity contribution is 6.32. The summed E-state index contributed by atoms with van der Waals surface area (Å²) >= 11 is 6.17. The van der Waals surface area contributed by atoms with Crippen molar-refractivity contribution in [3.63, 3.8) is 0 Å². The van der Waals surface area contributed by atoms with E-state index < -0.39 is 0 Å². The van der Waals surface area contributed by atoms with Crippen LogP contribution in [0, 0.1) is 0 Å². The van der Waals surface area contributed by atoms with Crippen LogP contribution in [0.4, 0.5) is 5.69 Å². The van der Waals surface area contributed by atoms with Crippen molar-refractivity contribution in [1.82, 2.24) is 0 Å². The van der Waals surface area contributed by atoms with Crippen molar-refractivity contribution in [1.29, 1.82) is 0 Å². The fourth-order valence-electron chi connectivity index (χ4n) is 2.10. The fraction of sp³-hybridized carbons (Fsp3) is 0.158. The highest BCUT2D eigenvalue weighted by Crippen LogP contribution is 2.19. The molecule has 0 aromatic heterocycles. The summed E-state index contributed by atoms with van der Waals surface area (Å²) in [5.41, 5.74) is 8.51. The Labute approximate surface area is 152 Å². The van der Waals surface area contributed by atoms with Gasteiger partial charge in [0.25, 0.3) is 0 Å². The molecule has 0 fully saturated rings. The molecule has 0 aliphatic rings. The van der Waals surface area contributed by atoms with Crippen molar-refractivity contribution < 1.29 is 4.74 Å². The quantitative estimate of drug-likeness (QED) is 0.342. The molecule has 0 bridgehead atoms. The minimum Gasteiger partial charge on any atom is -0.482 e. The van der Waals surface area contributed by atoms with E-state index in [-0.39, 0.29) is 5.16 Å². The van der Waals surface area contributed by atoms with Crippen LogP contribution in [-0.4, -0.2) is 19.6 Å². The van der Waals surface area contributed by atoms with Crippen molar-refractivity contribution in [2.75, 3.05) is 12.4 Å². The van der Waals surface area contributed by atoms with Gasteiger partial charge in [0, 0.05) is 19.3 Å². The number of hydrogen-bond donors (Lipinski definition) is 2. The molecule has 0 saturated heterocycles. The number of halogens is 1. The summed E-state index contributed by atoms with van der Waals surface area (Å²) in [7, 11) is 1.65. The van der Waals surface area contributed by atoms with E-state index in [1.54, 1.807) is 7.05 Å². The molecular formula is C19H21ClN4O. The van der Waals surface area contributed by atoms with Crippen LogP contribution in [0.1, 0.15) is 11.1 Å². The van der Waals surface area contributed by atoms with Crippen LogP contribution >= 0.6 is 11.6 Å². The number of ether oxygens (including phenoxy) is 1. The van der Waals surface area contributed by atoms with E-state index in [9.17, 15) is 0 Å². The Hall–Kier alpha value is -2.63. The first-order chi connectivity index (χ1) is 12.2. The molecule has 0 spiro atoms. The summed E-state index contributed by atoms with van der Waals surface area (Å²) in [6.07, 6.45) is 0. The van der Waals surface area contributed by atoms with Gasteiger partial charge in [0.2, 0.25) is 0 Å². The van der Waals surface area contributed by atoms with E-state index in [4.69, 9.17) is 22.1 Å². The lowest BCUT2D eigenvalue weighted by molar-refractivity contribution is 0.216. The van der Waals surface area contributed by atoms with Gasteiger partial charge < -0.3 is 15.8 Å². The second-order valence-corrected chi connectivity index (χ2v) is 5.51. The number of hydrogen-bond acceptors (Lipinski definition) is 4. The van der Waals surface area contributed by atoms with E-state index in [1.807, 2.05) is 54.6 Å². The Kier molecular flexibility index (Phi) is 7.19. The third kappa shape index (κ3) is 5.45. The third-order valence-electron chi connectivity index (χ3n) is 3.44. The molecule has 6 heteroatoms. The summed E-state index contributed by atoms with van der Waals surface area (Å²) in [5.74, 6) is 0.805. The van der Waals surface area contributed by atoms with Crippen LogP contribution in [0.3, 0.4) is 0 Å². The molecule has 0 saturated carbocycles. The molecular weight excluding hydrogens is 336 g/mol. The number of rotatable bonds is 7. The monoisotopic (exact) mass is 356 g/mol. The number of benzene rings is 2. The zero-order chi connectivity index (χ0) is 18.1. The number of aliphatic imine (C=N–C) groups is 2. The summed E-state index contributed by atoms with van der Waals surface area (Å²) in [4.78, 5) is 8.00. The zero-order valence-electron chi connectivity index (χ0n) is 14.1. The van der Waals surface area contributed by atoms with Crippen LogP contribution < -0.4 is 11.1 Å². The van der Waals surface area contributed by atoms with E-state index in [2.05, 4.69) is 22.0 Å². The largest absolute Gasteiger partial charge is 0.482 e. The summed E-state index contributed by atoms with van der Waals surface area (Å²) in [6, 6.07) is 17.5. The van der Waals surface area contributed by atoms with Gasteiger partial charge in [0.15, 0.2) is 16.8 Å². The van der Waals surface area contributed by atoms with Gasteiger partial charge in [-0.3, -0.25) is 4.99 Å². The highest BCUT2D eigenvalue weighted by atomic mass is 35.5. The molecule has 0 radical (unpaired) electrons. The van der Waals surface area contributed by atoms with Crippen LogP contribution in [-0.2, 0) is 17.9 Å². The zero-order valence-corrected chi connectivity index (χ0v) is 14.8.